The third-order valence-electron chi connectivity index (χ3n) is 3.76. The largest absolute Gasteiger partial charge is 0.440 e. The molecule has 2 aromatic carbocycles. The molecule has 0 spiro atoms. The van der Waals surface area contributed by atoms with Gasteiger partial charge in [0, 0.05) is 12.2 Å². The number of nitrogens with one attached hydrogen (secondary N) is 1. The zero-order chi connectivity index (χ0) is 16.5. The molecule has 0 heterocycles. The van der Waals surface area contributed by atoms with Gasteiger partial charge in [-0.3, -0.25) is 10.2 Å². The molecule has 4 heteroatoms. The Hall–Kier alpha value is -2.33. The van der Waals surface area contributed by atoms with Gasteiger partial charge in [0.2, 0.25) is 0 Å². The predicted octanol–water partition coefficient (Wildman–Crippen LogP) is 4.32. The van der Waals surface area contributed by atoms with Gasteiger partial charge in [-0.15, -0.1) is 0 Å². The van der Waals surface area contributed by atoms with Crippen molar-refractivity contribution in [3.8, 4) is 0 Å². The average molecular weight is 312 g/mol. The molecular weight excluding hydrogens is 288 g/mol. The normalized spacial score (nSPS) is 12.0. The van der Waals surface area contributed by atoms with E-state index in [4.69, 9.17) is 4.74 Å². The Morgan fingerprint density at radius 2 is 1.57 bits per heavy atom. The molecule has 2 rings (SSSR count). The number of para-hydroxylation sites is 1. The Morgan fingerprint density at radius 1 is 1.00 bits per heavy atom. The van der Waals surface area contributed by atoms with Crippen LogP contribution in [0.3, 0.4) is 0 Å². The third kappa shape index (κ3) is 5.42. The van der Waals surface area contributed by atoms with Crippen molar-refractivity contribution >= 4 is 11.8 Å². The summed E-state index contributed by atoms with van der Waals surface area (Å²) >= 11 is 0. The Balaban J connectivity index is 2.06. The Bertz CT molecular complexity index is 583. The van der Waals surface area contributed by atoms with Crippen molar-refractivity contribution in [1.82, 2.24) is 4.90 Å². The van der Waals surface area contributed by atoms with Gasteiger partial charge in [-0.25, -0.2) is 4.79 Å². The highest BCUT2D eigenvalue weighted by atomic mass is 16.6. The number of nitrogens with zero attached hydrogens (tertiary/aromatic N) is 1. The standard InChI is InChI=1S/C19H24N2O2/c1-3-21(4-2)15-18(16-11-7-5-8-12-16)23-19(22)20-17-13-9-6-10-14-17/h5-14,18H,3-4,15H2,1-2H3,(H,20,22)/t18-/m0/s1. The van der Waals surface area contributed by atoms with Crippen molar-refractivity contribution in [1.29, 1.82) is 0 Å². The number of benzene rings is 2. The number of anilines is 1. The van der Waals surface area contributed by atoms with E-state index in [9.17, 15) is 4.79 Å². The minimum Gasteiger partial charge on any atom is -0.440 e. The molecule has 0 fully saturated rings. The van der Waals surface area contributed by atoms with Gasteiger partial charge in [-0.05, 0) is 30.8 Å². The Labute approximate surface area is 138 Å². The second-order valence-electron chi connectivity index (χ2n) is 5.28. The number of rotatable bonds is 7. The lowest BCUT2D eigenvalue weighted by atomic mass is 10.1. The monoisotopic (exact) mass is 312 g/mol. The molecule has 2 aromatic rings. The molecule has 0 radical (unpaired) electrons. The number of carbonyl (C=O) groups excluding carboxylic acids is 1. The summed E-state index contributed by atoms with van der Waals surface area (Å²) < 4.78 is 5.68. The number of amides is 1. The predicted molar refractivity (Wildman–Crippen MR) is 93.5 cm³/mol. The van der Waals surface area contributed by atoms with Gasteiger partial charge >= 0.3 is 6.09 Å². The molecule has 0 bridgehead atoms. The Kier molecular flexibility index (Phi) is 6.63. The van der Waals surface area contributed by atoms with Crippen LogP contribution in [0.15, 0.2) is 60.7 Å². The molecule has 1 amide bonds. The molecule has 0 unspecified atom stereocenters. The molecule has 1 atom stereocenters. The molecule has 4 nitrogen and oxygen atoms in total. The summed E-state index contributed by atoms with van der Waals surface area (Å²) in [5.41, 5.74) is 1.73. The zero-order valence-electron chi connectivity index (χ0n) is 13.7. The van der Waals surface area contributed by atoms with Gasteiger partial charge in [-0.2, -0.15) is 0 Å². The van der Waals surface area contributed by atoms with Crippen molar-refractivity contribution in [3.63, 3.8) is 0 Å². The van der Waals surface area contributed by atoms with Gasteiger partial charge in [-0.1, -0.05) is 62.4 Å². The second-order valence-corrected chi connectivity index (χ2v) is 5.28. The summed E-state index contributed by atoms with van der Waals surface area (Å²) in [5.74, 6) is 0. The van der Waals surface area contributed by atoms with Crippen LogP contribution in [0.5, 0.6) is 0 Å². The van der Waals surface area contributed by atoms with E-state index in [-0.39, 0.29) is 6.10 Å². The molecule has 1 N–H and O–H groups in total. The van der Waals surface area contributed by atoms with E-state index >= 15 is 0 Å². The highest BCUT2D eigenvalue weighted by Gasteiger charge is 2.19. The fraction of sp³-hybridized carbons (Fsp3) is 0.316. The van der Waals surface area contributed by atoms with Crippen LogP contribution >= 0.6 is 0 Å². The molecule has 23 heavy (non-hydrogen) atoms. The lowest BCUT2D eigenvalue weighted by molar-refractivity contribution is 0.0822. The quantitative estimate of drug-likeness (QED) is 0.828. The van der Waals surface area contributed by atoms with E-state index in [1.54, 1.807) is 0 Å². The van der Waals surface area contributed by atoms with Crippen molar-refractivity contribution in [2.45, 2.75) is 20.0 Å². The summed E-state index contributed by atoms with van der Waals surface area (Å²) in [6, 6.07) is 19.2. The van der Waals surface area contributed by atoms with E-state index in [0.29, 0.717) is 6.54 Å². The summed E-state index contributed by atoms with van der Waals surface area (Å²) in [4.78, 5) is 14.4. The van der Waals surface area contributed by atoms with Crippen LogP contribution in [0.1, 0.15) is 25.5 Å². The van der Waals surface area contributed by atoms with Gasteiger partial charge in [0.15, 0.2) is 0 Å². The van der Waals surface area contributed by atoms with Gasteiger partial charge in [0.05, 0.1) is 0 Å². The lowest BCUT2D eigenvalue weighted by Gasteiger charge is -2.25. The molecule has 0 aliphatic heterocycles. The minimum absolute atomic E-state index is 0.292. The Morgan fingerprint density at radius 3 is 2.13 bits per heavy atom. The van der Waals surface area contributed by atoms with Gasteiger partial charge in [0.1, 0.15) is 6.10 Å². The molecule has 0 saturated heterocycles. The van der Waals surface area contributed by atoms with Crippen LogP contribution < -0.4 is 5.32 Å². The highest BCUT2D eigenvalue weighted by Crippen LogP contribution is 2.20. The fourth-order valence-electron chi connectivity index (χ4n) is 2.39. The maximum absolute atomic E-state index is 12.2. The first kappa shape index (κ1) is 17.0. The maximum Gasteiger partial charge on any atom is 0.412 e. The first-order valence-corrected chi connectivity index (χ1v) is 8.03. The highest BCUT2D eigenvalue weighted by molar-refractivity contribution is 5.84. The number of likely N-dealkylation sites (N-methyl/N-ethyl adjacent to an activating group) is 1. The molecule has 0 aromatic heterocycles. The number of hydrogen-bond acceptors (Lipinski definition) is 3. The summed E-state index contributed by atoms with van der Waals surface area (Å²) in [6.07, 6.45) is -0.725. The SMILES string of the molecule is CCN(CC)C[C@H](OC(=O)Nc1ccccc1)c1ccccc1. The topological polar surface area (TPSA) is 41.6 Å². The van der Waals surface area contributed by atoms with Gasteiger partial charge < -0.3 is 4.74 Å². The molecule has 122 valence electrons. The summed E-state index contributed by atoms with van der Waals surface area (Å²) in [6.45, 7) is 6.73. The van der Waals surface area contributed by atoms with Crippen molar-refractivity contribution in [2.24, 2.45) is 0 Å². The first-order valence-electron chi connectivity index (χ1n) is 8.03. The van der Waals surface area contributed by atoms with Crippen molar-refractivity contribution in [2.75, 3.05) is 25.0 Å². The van der Waals surface area contributed by atoms with Crippen LogP contribution in [0, 0.1) is 0 Å². The second kappa shape index (κ2) is 8.96. The summed E-state index contributed by atoms with van der Waals surface area (Å²) in [7, 11) is 0. The molecular formula is C19H24N2O2. The van der Waals surface area contributed by atoms with E-state index in [1.807, 2.05) is 60.7 Å². The fourth-order valence-corrected chi connectivity index (χ4v) is 2.39. The van der Waals surface area contributed by atoms with Crippen molar-refractivity contribution < 1.29 is 9.53 Å². The smallest absolute Gasteiger partial charge is 0.412 e. The maximum atomic E-state index is 12.2. The van der Waals surface area contributed by atoms with Crippen LogP contribution in [-0.2, 0) is 4.74 Å². The third-order valence-corrected chi connectivity index (χ3v) is 3.76. The van der Waals surface area contributed by atoms with Crippen LogP contribution in [0.25, 0.3) is 0 Å². The lowest BCUT2D eigenvalue weighted by Crippen LogP contribution is -2.31. The van der Waals surface area contributed by atoms with E-state index < -0.39 is 6.09 Å². The van der Waals surface area contributed by atoms with E-state index in [2.05, 4.69) is 24.1 Å². The minimum atomic E-state index is -0.433. The summed E-state index contributed by atoms with van der Waals surface area (Å²) in [5, 5.41) is 2.77. The van der Waals surface area contributed by atoms with Gasteiger partial charge in [0.25, 0.3) is 0 Å². The zero-order valence-corrected chi connectivity index (χ0v) is 13.7. The van der Waals surface area contributed by atoms with Crippen LogP contribution in [0.2, 0.25) is 0 Å². The van der Waals surface area contributed by atoms with E-state index in [1.165, 1.54) is 0 Å². The van der Waals surface area contributed by atoms with E-state index in [0.717, 1.165) is 24.3 Å². The van der Waals surface area contributed by atoms with Crippen LogP contribution in [0.4, 0.5) is 10.5 Å². The molecule has 0 aliphatic rings. The van der Waals surface area contributed by atoms with Crippen molar-refractivity contribution in [3.05, 3.63) is 66.2 Å². The number of ether oxygens (including phenoxy) is 1. The molecule has 0 saturated carbocycles. The average Bonchev–Trinajstić information content (AvgIpc) is 2.60. The number of carbonyl (C=O) groups is 1. The number of hydrogen-bond donors (Lipinski definition) is 1. The first-order chi connectivity index (χ1) is 11.2. The molecule has 0 aliphatic carbocycles. The van der Waals surface area contributed by atoms with Crippen LogP contribution in [-0.4, -0.2) is 30.6 Å².